The van der Waals surface area contributed by atoms with Crippen LogP contribution in [-0.2, 0) is 9.59 Å². The van der Waals surface area contributed by atoms with Gasteiger partial charge in [-0.2, -0.15) is 0 Å². The van der Waals surface area contributed by atoms with E-state index in [1.807, 2.05) is 6.92 Å². The number of hydrogen-bond acceptors (Lipinski definition) is 5. The lowest BCUT2D eigenvalue weighted by Crippen LogP contribution is -2.31. The molecule has 0 unspecified atom stereocenters. The Kier molecular flexibility index (Phi) is 5.34. The minimum atomic E-state index is -0.509. The summed E-state index contributed by atoms with van der Waals surface area (Å²) in [6.07, 6.45) is 0. The largest absolute Gasteiger partial charge is 0.272 e. The summed E-state index contributed by atoms with van der Waals surface area (Å²) in [6, 6.07) is 10.6. The lowest BCUT2D eigenvalue weighted by Gasteiger charge is -2.17. The molecule has 0 spiro atoms. The van der Waals surface area contributed by atoms with Crippen LogP contribution in [0.2, 0.25) is 5.02 Å². The number of thioether (sulfide) groups is 1. The Balaban J connectivity index is 2.09. The molecule has 0 fully saturated rings. The summed E-state index contributed by atoms with van der Waals surface area (Å²) in [6.45, 7) is 3.66. The van der Waals surface area contributed by atoms with Crippen molar-refractivity contribution in [3.8, 4) is 0 Å². The van der Waals surface area contributed by atoms with E-state index in [1.54, 1.807) is 25.1 Å². The Morgan fingerprint density at radius 2 is 1.78 bits per heavy atom. The molecular formula is C19H15ClN2O4S. The third-order valence-electron chi connectivity index (χ3n) is 4.10. The molecule has 27 heavy (non-hydrogen) atoms. The number of nitro groups is 1. The number of non-ortho nitro benzene ring substituents is 1. The number of aryl methyl sites for hydroxylation is 1. The van der Waals surface area contributed by atoms with Crippen molar-refractivity contribution in [3.05, 3.63) is 73.6 Å². The molecule has 0 aliphatic carbocycles. The van der Waals surface area contributed by atoms with E-state index in [4.69, 9.17) is 11.6 Å². The molecule has 6 nitrogen and oxygen atoms in total. The van der Waals surface area contributed by atoms with Crippen LogP contribution < -0.4 is 4.90 Å². The number of halogens is 1. The SMILES string of the molecule is CCSC1=C(c2ccc([N+](=O)[O-])cc2)C(=O)N(c2ccc(Cl)cc2C)C1=O. The molecule has 1 heterocycles. The van der Waals surface area contributed by atoms with Gasteiger partial charge in [0.2, 0.25) is 0 Å². The van der Waals surface area contributed by atoms with Gasteiger partial charge in [-0.25, -0.2) is 4.90 Å². The van der Waals surface area contributed by atoms with Gasteiger partial charge in [-0.1, -0.05) is 18.5 Å². The van der Waals surface area contributed by atoms with Crippen LogP contribution >= 0.6 is 23.4 Å². The van der Waals surface area contributed by atoms with E-state index in [9.17, 15) is 19.7 Å². The maximum atomic E-state index is 13.1. The van der Waals surface area contributed by atoms with E-state index < -0.39 is 16.7 Å². The minimum Gasteiger partial charge on any atom is -0.268 e. The van der Waals surface area contributed by atoms with Gasteiger partial charge in [-0.15, -0.1) is 11.8 Å². The average Bonchev–Trinajstić information content (AvgIpc) is 2.86. The molecule has 0 saturated carbocycles. The number of rotatable bonds is 5. The summed E-state index contributed by atoms with van der Waals surface area (Å²) >= 11 is 7.26. The van der Waals surface area contributed by atoms with Crippen LogP contribution in [0.15, 0.2) is 47.4 Å². The molecule has 1 aliphatic heterocycles. The first-order valence-corrected chi connectivity index (χ1v) is 9.48. The summed E-state index contributed by atoms with van der Waals surface area (Å²) in [7, 11) is 0. The summed E-state index contributed by atoms with van der Waals surface area (Å²) < 4.78 is 0. The highest BCUT2D eigenvalue weighted by molar-refractivity contribution is 8.04. The number of carbonyl (C=O) groups excluding carboxylic acids is 2. The summed E-state index contributed by atoms with van der Waals surface area (Å²) in [5.41, 5.74) is 1.84. The molecule has 0 bridgehead atoms. The van der Waals surface area contributed by atoms with Crippen molar-refractivity contribution >= 4 is 52.1 Å². The number of imide groups is 1. The van der Waals surface area contributed by atoms with E-state index in [1.165, 1.54) is 36.0 Å². The maximum Gasteiger partial charge on any atom is 0.272 e. The van der Waals surface area contributed by atoms with Crippen molar-refractivity contribution in [1.82, 2.24) is 0 Å². The Hall–Kier alpha value is -2.64. The van der Waals surface area contributed by atoms with Crippen LogP contribution in [0.3, 0.4) is 0 Å². The molecule has 0 aromatic heterocycles. The predicted octanol–water partition coefficient (Wildman–Crippen LogP) is 4.59. The van der Waals surface area contributed by atoms with Crippen molar-refractivity contribution in [2.75, 3.05) is 10.7 Å². The number of nitrogens with zero attached hydrogens (tertiary/aromatic N) is 2. The van der Waals surface area contributed by atoms with Crippen molar-refractivity contribution in [1.29, 1.82) is 0 Å². The van der Waals surface area contributed by atoms with Gasteiger partial charge in [0.25, 0.3) is 17.5 Å². The Morgan fingerprint density at radius 1 is 1.11 bits per heavy atom. The fourth-order valence-electron chi connectivity index (χ4n) is 2.88. The highest BCUT2D eigenvalue weighted by Gasteiger charge is 2.40. The predicted molar refractivity (Wildman–Crippen MR) is 107 cm³/mol. The van der Waals surface area contributed by atoms with Gasteiger partial charge >= 0.3 is 0 Å². The number of anilines is 1. The average molecular weight is 403 g/mol. The van der Waals surface area contributed by atoms with Crippen LogP contribution in [0, 0.1) is 17.0 Å². The van der Waals surface area contributed by atoms with Gasteiger partial charge < -0.3 is 0 Å². The monoisotopic (exact) mass is 402 g/mol. The van der Waals surface area contributed by atoms with Gasteiger partial charge in [0.15, 0.2) is 0 Å². The topological polar surface area (TPSA) is 80.5 Å². The van der Waals surface area contributed by atoms with Crippen LogP contribution in [0.5, 0.6) is 0 Å². The van der Waals surface area contributed by atoms with Crippen molar-refractivity contribution in [2.45, 2.75) is 13.8 Å². The van der Waals surface area contributed by atoms with Gasteiger partial charge in [-0.05, 0) is 54.1 Å². The third kappa shape index (κ3) is 3.48. The standard InChI is InChI=1S/C19H15ClN2O4S/c1-3-27-17-16(12-4-7-14(8-5-12)22(25)26)18(23)21(19(17)24)15-9-6-13(20)10-11(15)2/h4-10H,3H2,1-2H3. The van der Waals surface area contributed by atoms with E-state index in [-0.39, 0.29) is 11.3 Å². The van der Waals surface area contributed by atoms with Crippen LogP contribution in [0.4, 0.5) is 11.4 Å². The second kappa shape index (κ2) is 7.54. The van der Waals surface area contributed by atoms with Gasteiger partial charge in [0, 0.05) is 17.2 Å². The van der Waals surface area contributed by atoms with Crippen molar-refractivity contribution < 1.29 is 14.5 Å². The van der Waals surface area contributed by atoms with Gasteiger partial charge in [0.1, 0.15) is 0 Å². The molecule has 2 aromatic carbocycles. The number of carbonyl (C=O) groups is 2. The quantitative estimate of drug-likeness (QED) is 0.415. The van der Waals surface area contributed by atoms with Gasteiger partial charge in [0.05, 0.1) is 21.1 Å². The highest BCUT2D eigenvalue weighted by Crippen LogP contribution is 2.39. The molecule has 0 saturated heterocycles. The normalized spacial score (nSPS) is 14.3. The van der Waals surface area contributed by atoms with Crippen LogP contribution in [-0.4, -0.2) is 22.5 Å². The Bertz CT molecular complexity index is 986. The lowest BCUT2D eigenvalue weighted by atomic mass is 10.1. The lowest BCUT2D eigenvalue weighted by molar-refractivity contribution is -0.384. The first-order chi connectivity index (χ1) is 12.8. The molecule has 0 N–H and O–H groups in total. The molecule has 0 radical (unpaired) electrons. The van der Waals surface area contributed by atoms with Crippen molar-refractivity contribution in [2.24, 2.45) is 0 Å². The first-order valence-electron chi connectivity index (χ1n) is 8.12. The number of benzene rings is 2. The Morgan fingerprint density at radius 3 is 2.33 bits per heavy atom. The molecular weight excluding hydrogens is 388 g/mol. The minimum absolute atomic E-state index is 0.0776. The second-order valence-electron chi connectivity index (χ2n) is 5.82. The second-order valence-corrected chi connectivity index (χ2v) is 7.53. The van der Waals surface area contributed by atoms with Crippen LogP contribution in [0.25, 0.3) is 5.57 Å². The molecule has 1 aliphatic rings. The number of amides is 2. The van der Waals surface area contributed by atoms with Gasteiger partial charge in [-0.3, -0.25) is 19.7 Å². The summed E-state index contributed by atoms with van der Waals surface area (Å²) in [5, 5.41) is 11.4. The van der Waals surface area contributed by atoms with E-state index in [2.05, 4.69) is 0 Å². The number of hydrogen-bond donors (Lipinski definition) is 0. The van der Waals surface area contributed by atoms with Crippen LogP contribution in [0.1, 0.15) is 18.1 Å². The molecule has 0 atom stereocenters. The fourth-order valence-corrected chi connectivity index (χ4v) is 3.96. The maximum absolute atomic E-state index is 13.1. The highest BCUT2D eigenvalue weighted by atomic mass is 35.5. The van der Waals surface area contributed by atoms with E-state index >= 15 is 0 Å². The Labute approximate surface area is 165 Å². The summed E-state index contributed by atoms with van der Waals surface area (Å²) in [5.74, 6) is -0.237. The van der Waals surface area contributed by atoms with Crippen molar-refractivity contribution in [3.63, 3.8) is 0 Å². The zero-order valence-electron chi connectivity index (χ0n) is 14.6. The zero-order chi connectivity index (χ0) is 19.7. The first kappa shape index (κ1) is 19.1. The third-order valence-corrected chi connectivity index (χ3v) is 5.29. The number of nitro benzene ring substituents is 1. The molecule has 138 valence electrons. The zero-order valence-corrected chi connectivity index (χ0v) is 16.1. The molecule has 2 aromatic rings. The molecule has 8 heteroatoms. The fraction of sp³-hybridized carbons (Fsp3) is 0.158. The van der Waals surface area contributed by atoms with E-state index in [0.29, 0.717) is 32.5 Å². The molecule has 3 rings (SSSR count). The smallest absolute Gasteiger partial charge is 0.268 e. The van der Waals surface area contributed by atoms with E-state index in [0.717, 1.165) is 4.90 Å². The molecule has 2 amide bonds. The summed E-state index contributed by atoms with van der Waals surface area (Å²) in [4.78, 5) is 37.9.